The summed E-state index contributed by atoms with van der Waals surface area (Å²) in [6.45, 7) is 7.63. The van der Waals surface area contributed by atoms with Gasteiger partial charge in [-0.15, -0.1) is 0 Å². The van der Waals surface area contributed by atoms with Crippen LogP contribution in [0.1, 0.15) is 72.1 Å². The summed E-state index contributed by atoms with van der Waals surface area (Å²) in [6.07, 6.45) is 10.2. The van der Waals surface area contributed by atoms with E-state index in [0.717, 1.165) is 13.0 Å². The molecule has 0 aromatic carbocycles. The van der Waals surface area contributed by atoms with Crippen molar-refractivity contribution in [1.29, 1.82) is 0 Å². The van der Waals surface area contributed by atoms with Crippen molar-refractivity contribution in [3.05, 3.63) is 0 Å². The fraction of sp³-hybridized carbons (Fsp3) is 0.929. The quantitative estimate of drug-likeness (QED) is 0.593. The molecule has 0 rings (SSSR count). The van der Waals surface area contributed by atoms with Crippen molar-refractivity contribution in [2.24, 2.45) is 11.1 Å². The SMILES string of the molecule is CC(C)(C)CCCCCCCCCNC(N)=O. The Labute approximate surface area is 107 Å². The Morgan fingerprint density at radius 2 is 1.41 bits per heavy atom. The first-order valence-electron chi connectivity index (χ1n) is 6.95. The van der Waals surface area contributed by atoms with Crippen molar-refractivity contribution in [3.63, 3.8) is 0 Å². The van der Waals surface area contributed by atoms with Gasteiger partial charge in [0.2, 0.25) is 0 Å². The lowest BCUT2D eigenvalue weighted by Gasteiger charge is -2.17. The number of amides is 2. The third-order valence-corrected chi connectivity index (χ3v) is 2.90. The molecule has 17 heavy (non-hydrogen) atoms. The van der Waals surface area contributed by atoms with E-state index in [-0.39, 0.29) is 0 Å². The topological polar surface area (TPSA) is 55.1 Å². The molecule has 0 atom stereocenters. The fourth-order valence-electron chi connectivity index (χ4n) is 1.88. The summed E-state index contributed by atoms with van der Waals surface area (Å²) in [6, 6.07) is -0.410. The maximum atomic E-state index is 10.4. The number of hydrogen-bond donors (Lipinski definition) is 2. The van der Waals surface area contributed by atoms with Crippen molar-refractivity contribution in [3.8, 4) is 0 Å². The number of unbranched alkanes of at least 4 members (excludes halogenated alkanes) is 6. The molecule has 3 heteroatoms. The van der Waals surface area contributed by atoms with Gasteiger partial charge in [-0.05, 0) is 18.3 Å². The van der Waals surface area contributed by atoms with E-state index in [2.05, 4.69) is 26.1 Å². The number of carbonyl (C=O) groups excluding carboxylic acids is 1. The van der Waals surface area contributed by atoms with E-state index < -0.39 is 6.03 Å². The summed E-state index contributed by atoms with van der Waals surface area (Å²) >= 11 is 0. The van der Waals surface area contributed by atoms with Gasteiger partial charge in [0.1, 0.15) is 0 Å². The summed E-state index contributed by atoms with van der Waals surface area (Å²) < 4.78 is 0. The molecule has 3 nitrogen and oxygen atoms in total. The van der Waals surface area contributed by atoms with Crippen LogP contribution in [0.2, 0.25) is 0 Å². The molecular formula is C14H30N2O. The van der Waals surface area contributed by atoms with Gasteiger partial charge in [-0.25, -0.2) is 4.79 Å². The summed E-state index contributed by atoms with van der Waals surface area (Å²) in [7, 11) is 0. The van der Waals surface area contributed by atoms with Crippen molar-refractivity contribution in [2.45, 2.75) is 72.1 Å². The number of nitrogens with one attached hydrogen (secondary N) is 1. The standard InChI is InChI=1S/C14H30N2O/c1-14(2,3)11-9-7-5-4-6-8-10-12-16-13(15)17/h4-12H2,1-3H3,(H3,15,16,17). The van der Waals surface area contributed by atoms with Crippen LogP contribution in [0.4, 0.5) is 4.79 Å². The minimum absolute atomic E-state index is 0.410. The predicted molar refractivity (Wildman–Crippen MR) is 74.0 cm³/mol. The minimum Gasteiger partial charge on any atom is -0.352 e. The molecule has 2 amide bonds. The number of rotatable bonds is 9. The molecule has 102 valence electrons. The number of carbonyl (C=O) groups is 1. The third-order valence-electron chi connectivity index (χ3n) is 2.90. The normalized spacial score (nSPS) is 11.5. The Bertz CT molecular complexity index is 197. The molecule has 0 radical (unpaired) electrons. The van der Waals surface area contributed by atoms with E-state index in [1.807, 2.05) is 0 Å². The van der Waals surface area contributed by atoms with Gasteiger partial charge in [0, 0.05) is 6.54 Å². The molecular weight excluding hydrogens is 212 g/mol. The second-order valence-electron chi connectivity index (χ2n) is 6.08. The van der Waals surface area contributed by atoms with Gasteiger partial charge >= 0.3 is 6.03 Å². The Kier molecular flexibility index (Phi) is 8.92. The van der Waals surface area contributed by atoms with E-state index in [4.69, 9.17) is 5.73 Å². The van der Waals surface area contributed by atoms with Crippen LogP contribution in [0.15, 0.2) is 0 Å². The van der Waals surface area contributed by atoms with Crippen LogP contribution in [-0.2, 0) is 0 Å². The van der Waals surface area contributed by atoms with Crippen molar-refractivity contribution in [2.75, 3.05) is 6.54 Å². The van der Waals surface area contributed by atoms with Crippen LogP contribution in [0, 0.1) is 5.41 Å². The highest BCUT2D eigenvalue weighted by atomic mass is 16.2. The average Bonchev–Trinajstić information content (AvgIpc) is 2.18. The monoisotopic (exact) mass is 242 g/mol. The molecule has 0 unspecified atom stereocenters. The molecule has 0 aromatic heterocycles. The van der Waals surface area contributed by atoms with Gasteiger partial charge in [0.25, 0.3) is 0 Å². The molecule has 0 heterocycles. The van der Waals surface area contributed by atoms with Gasteiger partial charge in [-0.1, -0.05) is 59.3 Å². The molecule has 0 saturated heterocycles. The second-order valence-corrected chi connectivity index (χ2v) is 6.08. The van der Waals surface area contributed by atoms with E-state index in [1.165, 1.54) is 44.9 Å². The van der Waals surface area contributed by atoms with Gasteiger partial charge in [-0.2, -0.15) is 0 Å². The van der Waals surface area contributed by atoms with E-state index in [9.17, 15) is 4.79 Å². The maximum Gasteiger partial charge on any atom is 0.312 e. The molecule has 3 N–H and O–H groups in total. The smallest absolute Gasteiger partial charge is 0.312 e. The lowest BCUT2D eigenvalue weighted by Crippen LogP contribution is -2.29. The molecule has 0 aliphatic rings. The van der Waals surface area contributed by atoms with Gasteiger partial charge in [0.15, 0.2) is 0 Å². The summed E-state index contributed by atoms with van der Waals surface area (Å²) in [5, 5.41) is 2.61. The number of hydrogen-bond acceptors (Lipinski definition) is 1. The molecule has 0 saturated carbocycles. The Morgan fingerprint density at radius 1 is 0.941 bits per heavy atom. The lowest BCUT2D eigenvalue weighted by atomic mass is 9.89. The highest BCUT2D eigenvalue weighted by molar-refractivity contribution is 5.71. The van der Waals surface area contributed by atoms with E-state index in [1.54, 1.807) is 0 Å². The zero-order valence-electron chi connectivity index (χ0n) is 11.8. The van der Waals surface area contributed by atoms with E-state index >= 15 is 0 Å². The average molecular weight is 242 g/mol. The Balaban J connectivity index is 3.06. The van der Waals surface area contributed by atoms with Crippen LogP contribution in [0.25, 0.3) is 0 Å². The van der Waals surface area contributed by atoms with Crippen molar-refractivity contribution in [1.82, 2.24) is 5.32 Å². The predicted octanol–water partition coefficient (Wildman–Crippen LogP) is 3.82. The molecule has 0 aliphatic heterocycles. The van der Waals surface area contributed by atoms with E-state index in [0.29, 0.717) is 5.41 Å². The highest BCUT2D eigenvalue weighted by Crippen LogP contribution is 2.22. The Hall–Kier alpha value is -0.730. The van der Waals surface area contributed by atoms with Crippen LogP contribution in [-0.4, -0.2) is 12.6 Å². The summed E-state index contributed by atoms with van der Waals surface area (Å²) in [4.78, 5) is 10.4. The van der Waals surface area contributed by atoms with Crippen LogP contribution >= 0.6 is 0 Å². The number of primary amides is 1. The third kappa shape index (κ3) is 15.3. The van der Waals surface area contributed by atoms with Crippen molar-refractivity contribution >= 4 is 6.03 Å². The number of nitrogens with two attached hydrogens (primary N) is 1. The first-order valence-corrected chi connectivity index (χ1v) is 6.95. The van der Waals surface area contributed by atoms with Gasteiger partial charge in [0.05, 0.1) is 0 Å². The van der Waals surface area contributed by atoms with Crippen LogP contribution in [0.3, 0.4) is 0 Å². The van der Waals surface area contributed by atoms with Crippen LogP contribution < -0.4 is 11.1 Å². The first-order chi connectivity index (χ1) is 7.92. The largest absolute Gasteiger partial charge is 0.352 e. The minimum atomic E-state index is -0.410. The fourth-order valence-corrected chi connectivity index (χ4v) is 1.88. The first kappa shape index (κ1) is 16.3. The molecule has 0 aromatic rings. The zero-order chi connectivity index (χ0) is 13.1. The Morgan fingerprint density at radius 3 is 1.88 bits per heavy atom. The van der Waals surface area contributed by atoms with Crippen LogP contribution in [0.5, 0.6) is 0 Å². The second kappa shape index (κ2) is 9.32. The van der Waals surface area contributed by atoms with Crippen molar-refractivity contribution < 1.29 is 4.79 Å². The maximum absolute atomic E-state index is 10.4. The number of urea groups is 1. The molecule has 0 bridgehead atoms. The summed E-state index contributed by atoms with van der Waals surface area (Å²) in [5.74, 6) is 0. The molecule has 0 aliphatic carbocycles. The molecule has 0 fully saturated rings. The lowest BCUT2D eigenvalue weighted by molar-refractivity contribution is 0.248. The molecule has 0 spiro atoms. The highest BCUT2D eigenvalue weighted by Gasteiger charge is 2.08. The zero-order valence-corrected chi connectivity index (χ0v) is 11.8. The van der Waals surface area contributed by atoms with Gasteiger partial charge in [-0.3, -0.25) is 0 Å². The van der Waals surface area contributed by atoms with Gasteiger partial charge < -0.3 is 11.1 Å². The summed E-state index contributed by atoms with van der Waals surface area (Å²) in [5.41, 5.74) is 5.46.